The van der Waals surface area contributed by atoms with Crippen LogP contribution >= 0.6 is 31.9 Å². The number of halogens is 2. The van der Waals surface area contributed by atoms with Gasteiger partial charge in [0.1, 0.15) is 20.5 Å². The number of pyridine rings is 3. The van der Waals surface area contributed by atoms with Gasteiger partial charge in [-0.2, -0.15) is 0 Å². The molecule has 8 nitrogen and oxygen atoms in total. The van der Waals surface area contributed by atoms with E-state index in [-0.39, 0.29) is 0 Å². The van der Waals surface area contributed by atoms with E-state index < -0.39 is 14.8 Å². The van der Waals surface area contributed by atoms with Gasteiger partial charge in [-0.05, 0) is 67.8 Å². The van der Waals surface area contributed by atoms with Crippen LogP contribution in [0.5, 0.6) is 0 Å². The molecule has 0 fully saturated rings. The molecule has 11 heteroatoms. The van der Waals surface area contributed by atoms with Crippen LogP contribution in [0.15, 0.2) is 51.9 Å². The zero-order chi connectivity index (χ0) is 21.8. The fraction of sp³-hybridized carbons (Fsp3) is 0.150. The molecule has 1 aliphatic rings. The van der Waals surface area contributed by atoms with E-state index in [9.17, 15) is 0 Å². The summed E-state index contributed by atoms with van der Waals surface area (Å²) in [7, 11) is 0. The molecule has 1 aliphatic heterocycles. The Bertz CT molecular complexity index is 1410. The van der Waals surface area contributed by atoms with Gasteiger partial charge in [-0.15, -0.1) is 0 Å². The first kappa shape index (κ1) is 22.0. The summed E-state index contributed by atoms with van der Waals surface area (Å²) in [5.41, 5.74) is 5.67. The van der Waals surface area contributed by atoms with Gasteiger partial charge in [-0.3, -0.25) is 4.98 Å². The summed E-state index contributed by atoms with van der Waals surface area (Å²) in [4.78, 5) is 19.5. The van der Waals surface area contributed by atoms with Crippen LogP contribution < -0.4 is 5.32 Å². The number of nitrogens with one attached hydrogen (secondary N) is 3. The summed E-state index contributed by atoms with van der Waals surface area (Å²) < 4.78 is 18.5. The van der Waals surface area contributed by atoms with Crippen LogP contribution in [0.25, 0.3) is 33.0 Å². The Morgan fingerprint density at radius 1 is 0.871 bits per heavy atom. The first-order valence-corrected chi connectivity index (χ1v) is 11.8. The Labute approximate surface area is 199 Å². The second kappa shape index (κ2) is 9.97. The van der Waals surface area contributed by atoms with Gasteiger partial charge in [0.05, 0.1) is 5.52 Å². The monoisotopic (exact) mass is 585 g/mol. The van der Waals surface area contributed by atoms with Gasteiger partial charge in [-0.25, -0.2) is 9.97 Å². The molecule has 3 N–H and O–H groups in total. The number of aromatic amines is 2. The summed E-state index contributed by atoms with van der Waals surface area (Å²) in [6.07, 6.45) is 4.69. The Balaban J connectivity index is 0.000000133. The van der Waals surface area contributed by atoms with E-state index in [4.69, 9.17) is 7.67 Å². The van der Waals surface area contributed by atoms with Crippen molar-refractivity contribution in [3.8, 4) is 0 Å². The van der Waals surface area contributed by atoms with Crippen molar-refractivity contribution in [3.05, 3.63) is 63.2 Å². The van der Waals surface area contributed by atoms with E-state index in [1.807, 2.05) is 30.5 Å². The van der Waals surface area contributed by atoms with Gasteiger partial charge in [0.25, 0.3) is 0 Å². The Hall–Kier alpha value is -2.17. The van der Waals surface area contributed by atoms with Gasteiger partial charge >= 0.3 is 22.5 Å². The van der Waals surface area contributed by atoms with Crippen LogP contribution in [0.1, 0.15) is 11.3 Å². The molecule has 5 aromatic rings. The summed E-state index contributed by atoms with van der Waals surface area (Å²) in [5, 5.41) is 6.84. The minimum absolute atomic E-state index is 0.838. The van der Waals surface area contributed by atoms with E-state index in [0.29, 0.717) is 0 Å². The summed E-state index contributed by atoms with van der Waals surface area (Å²) in [6.45, 7) is 2.01. The SMILES string of the molecule is Brc1ccc2c(n1)[nH]c1ccncc12.Brc1ccc2c3c([nH]c2n1)CCNC3.[O]=[Mn]=[O]. The van der Waals surface area contributed by atoms with Crippen molar-refractivity contribution in [2.45, 2.75) is 13.0 Å². The predicted molar refractivity (Wildman–Crippen MR) is 120 cm³/mol. The van der Waals surface area contributed by atoms with Crippen LogP contribution in [-0.4, -0.2) is 31.5 Å². The maximum absolute atomic E-state index is 8.41. The molecule has 0 amide bonds. The second-order valence-electron chi connectivity index (χ2n) is 6.68. The van der Waals surface area contributed by atoms with Crippen LogP contribution in [0, 0.1) is 0 Å². The number of H-pyrrole nitrogens is 2. The third-order valence-corrected chi connectivity index (χ3v) is 5.78. The molecule has 0 saturated heterocycles. The number of nitrogens with zero attached hydrogens (tertiary/aromatic N) is 3. The first-order valence-electron chi connectivity index (χ1n) is 9.24. The van der Waals surface area contributed by atoms with Crippen molar-refractivity contribution in [3.63, 3.8) is 0 Å². The third-order valence-electron chi connectivity index (χ3n) is 4.90. The topological polar surface area (TPSA) is 116 Å². The molecule has 0 bridgehead atoms. The molecule has 5 aromatic heterocycles. The molecule has 6 heterocycles. The fourth-order valence-electron chi connectivity index (χ4n) is 3.59. The van der Waals surface area contributed by atoms with E-state index >= 15 is 0 Å². The van der Waals surface area contributed by atoms with Crippen molar-refractivity contribution >= 4 is 64.8 Å². The zero-order valence-electron chi connectivity index (χ0n) is 16.0. The Morgan fingerprint density at radius 3 is 2.29 bits per heavy atom. The molecule has 0 saturated carbocycles. The first-order chi connectivity index (χ1) is 15.1. The van der Waals surface area contributed by atoms with Crippen LogP contribution in [0.4, 0.5) is 0 Å². The summed E-state index contributed by atoms with van der Waals surface area (Å²) >= 11 is 5.28. The van der Waals surface area contributed by atoms with E-state index in [0.717, 1.165) is 56.3 Å². The van der Waals surface area contributed by atoms with Crippen molar-refractivity contribution in [2.24, 2.45) is 0 Å². The number of aromatic nitrogens is 5. The number of fused-ring (bicyclic) bond motifs is 6. The Kier molecular flexibility index (Phi) is 7.09. The predicted octanol–water partition coefficient (Wildman–Crippen LogP) is 4.60. The number of rotatable bonds is 0. The minimum atomic E-state index is -1.44. The summed E-state index contributed by atoms with van der Waals surface area (Å²) in [6, 6.07) is 10.0. The average molecular weight is 587 g/mol. The number of hydrogen-bond donors (Lipinski definition) is 3. The fourth-order valence-corrected chi connectivity index (χ4v) is 4.21. The van der Waals surface area contributed by atoms with E-state index in [1.54, 1.807) is 6.20 Å². The van der Waals surface area contributed by atoms with E-state index in [2.05, 4.69) is 68.2 Å². The second-order valence-corrected chi connectivity index (χ2v) is 8.50. The molecule has 0 spiro atoms. The molecule has 31 heavy (non-hydrogen) atoms. The van der Waals surface area contributed by atoms with Gasteiger partial charge in [0, 0.05) is 53.8 Å². The van der Waals surface area contributed by atoms with Gasteiger partial charge in [0.2, 0.25) is 0 Å². The van der Waals surface area contributed by atoms with Crippen molar-refractivity contribution in [1.82, 2.24) is 30.2 Å². The number of hydrogen-bond acceptors (Lipinski definition) is 6. The van der Waals surface area contributed by atoms with Crippen molar-refractivity contribution in [1.29, 1.82) is 0 Å². The standard InChI is InChI=1S/C10H10BrN3.C10H6BrN3.Mn.2O/c2*11-9-2-1-6-7-5-12-4-3-8(7)13-10(6)14-9;;;/h1-2,12H,3-5H2,(H,13,14);1-5H,(H,13,14);;;. The maximum atomic E-state index is 8.41. The third kappa shape index (κ3) is 4.86. The van der Waals surface area contributed by atoms with Crippen LogP contribution in [0.3, 0.4) is 0 Å². The molecule has 0 aliphatic carbocycles. The van der Waals surface area contributed by atoms with Gasteiger partial charge in [0.15, 0.2) is 0 Å². The molecule has 0 unspecified atom stereocenters. The summed E-state index contributed by atoms with van der Waals surface area (Å²) in [5.74, 6) is 0. The van der Waals surface area contributed by atoms with Crippen molar-refractivity contribution < 1.29 is 22.5 Å². The molecular weight excluding hydrogens is 571 g/mol. The molecule has 6 rings (SSSR count). The molecule has 0 radical (unpaired) electrons. The normalized spacial score (nSPS) is 12.6. The molecular formula is C20H16Br2MnN6O2. The molecule has 0 aromatic carbocycles. The molecule has 0 atom stereocenters. The molecule has 159 valence electrons. The Morgan fingerprint density at radius 2 is 1.55 bits per heavy atom. The van der Waals surface area contributed by atoms with E-state index in [1.165, 1.54) is 16.6 Å². The van der Waals surface area contributed by atoms with Crippen molar-refractivity contribution in [2.75, 3.05) is 6.54 Å². The van der Waals surface area contributed by atoms with Gasteiger partial charge in [-0.1, -0.05) is 0 Å². The average Bonchev–Trinajstić information content (AvgIpc) is 3.31. The zero-order valence-corrected chi connectivity index (χ0v) is 20.3. The van der Waals surface area contributed by atoms with Gasteiger partial charge < -0.3 is 15.3 Å². The van der Waals surface area contributed by atoms with Crippen LogP contribution in [-0.2, 0) is 35.5 Å². The quantitative estimate of drug-likeness (QED) is 0.180. The van der Waals surface area contributed by atoms with Crippen LogP contribution in [0.2, 0.25) is 0 Å².